The van der Waals surface area contributed by atoms with Crippen molar-refractivity contribution in [1.82, 2.24) is 15.1 Å². The van der Waals surface area contributed by atoms with Crippen LogP contribution in [0, 0.1) is 12.7 Å². The van der Waals surface area contributed by atoms with Gasteiger partial charge in [0.05, 0.1) is 4.90 Å². The fraction of sp³-hybridized carbons (Fsp3) is 0.375. The zero-order valence-corrected chi connectivity index (χ0v) is 20.0. The molecular weight excluding hydrogens is 461 g/mol. The third-order valence-electron chi connectivity index (χ3n) is 5.66. The first-order valence-electron chi connectivity index (χ1n) is 11.1. The molecule has 0 saturated carbocycles. The summed E-state index contributed by atoms with van der Waals surface area (Å²) < 4.78 is 40.1. The van der Waals surface area contributed by atoms with Crippen LogP contribution in [0.4, 0.5) is 4.39 Å². The number of hydrogen-bond acceptors (Lipinski definition) is 5. The van der Waals surface area contributed by atoms with E-state index in [0.717, 1.165) is 29.8 Å². The Labute approximate surface area is 198 Å². The van der Waals surface area contributed by atoms with E-state index in [2.05, 4.69) is 5.32 Å². The number of aryl methyl sites for hydroxylation is 1. The molecule has 0 spiro atoms. The maximum absolute atomic E-state index is 13.4. The lowest BCUT2D eigenvalue weighted by atomic mass is 10.1. The Morgan fingerprint density at radius 1 is 0.941 bits per heavy atom. The molecule has 2 aromatic carbocycles. The van der Waals surface area contributed by atoms with Gasteiger partial charge < -0.3 is 15.1 Å². The summed E-state index contributed by atoms with van der Waals surface area (Å²) in [6, 6.07) is 10.6. The lowest BCUT2D eigenvalue weighted by molar-refractivity contribution is -0.139. The highest BCUT2D eigenvalue weighted by atomic mass is 32.2. The van der Waals surface area contributed by atoms with Crippen LogP contribution in [-0.4, -0.2) is 67.5 Å². The molecule has 2 aromatic rings. The number of rotatable bonds is 7. The van der Waals surface area contributed by atoms with Gasteiger partial charge in [-0.2, -0.15) is 0 Å². The third-order valence-corrected chi connectivity index (χ3v) is 7.53. The molecule has 0 radical (unpaired) electrons. The van der Waals surface area contributed by atoms with Crippen LogP contribution in [0.1, 0.15) is 35.7 Å². The highest BCUT2D eigenvalue weighted by molar-refractivity contribution is 7.92. The predicted octanol–water partition coefficient (Wildman–Crippen LogP) is 2.13. The van der Waals surface area contributed by atoms with Gasteiger partial charge in [-0.1, -0.05) is 24.6 Å². The summed E-state index contributed by atoms with van der Waals surface area (Å²) >= 11 is 0. The van der Waals surface area contributed by atoms with Crippen molar-refractivity contribution >= 4 is 27.6 Å². The number of sulfone groups is 1. The maximum Gasteiger partial charge on any atom is 0.261 e. The van der Waals surface area contributed by atoms with Gasteiger partial charge in [0, 0.05) is 38.2 Å². The molecule has 3 rings (SSSR count). The van der Waals surface area contributed by atoms with E-state index >= 15 is 0 Å². The Kier molecular flexibility index (Phi) is 8.03. The molecule has 0 aliphatic carbocycles. The summed E-state index contributed by atoms with van der Waals surface area (Å²) in [4.78, 5) is 41.0. The van der Waals surface area contributed by atoms with Gasteiger partial charge >= 0.3 is 0 Å². The van der Waals surface area contributed by atoms with Crippen molar-refractivity contribution in [3.05, 3.63) is 65.5 Å². The molecule has 1 saturated heterocycles. The molecule has 0 unspecified atom stereocenters. The summed E-state index contributed by atoms with van der Waals surface area (Å²) in [5.74, 6) is -2.16. The topological polar surface area (TPSA) is 104 Å². The van der Waals surface area contributed by atoms with Gasteiger partial charge in [0.15, 0.2) is 0 Å². The summed E-state index contributed by atoms with van der Waals surface area (Å²) in [5.41, 5.74) is 1.12. The van der Waals surface area contributed by atoms with E-state index in [-0.39, 0.29) is 42.5 Å². The lowest BCUT2D eigenvalue weighted by Crippen LogP contribution is -2.57. The number of carbonyl (C=O) groups is 3. The van der Waals surface area contributed by atoms with E-state index in [4.69, 9.17) is 0 Å². The molecule has 1 fully saturated rings. The van der Waals surface area contributed by atoms with Crippen LogP contribution in [0.2, 0.25) is 0 Å². The predicted molar refractivity (Wildman–Crippen MR) is 124 cm³/mol. The van der Waals surface area contributed by atoms with Gasteiger partial charge in [0.1, 0.15) is 5.82 Å². The molecule has 3 amide bonds. The third kappa shape index (κ3) is 5.80. The monoisotopic (exact) mass is 489 g/mol. The Morgan fingerprint density at radius 2 is 1.50 bits per heavy atom. The minimum absolute atomic E-state index is 0.0160. The van der Waals surface area contributed by atoms with E-state index < -0.39 is 32.8 Å². The number of hydrogen-bond donors (Lipinski definition) is 1. The summed E-state index contributed by atoms with van der Waals surface area (Å²) in [6.45, 7) is 4.59. The number of nitrogens with zero attached hydrogens (tertiary/aromatic N) is 2. The van der Waals surface area contributed by atoms with Crippen molar-refractivity contribution in [2.75, 3.05) is 26.2 Å². The fourth-order valence-electron chi connectivity index (χ4n) is 3.65. The second kappa shape index (κ2) is 10.8. The van der Waals surface area contributed by atoms with E-state index in [1.807, 2.05) is 13.8 Å². The van der Waals surface area contributed by atoms with Crippen molar-refractivity contribution in [3.63, 3.8) is 0 Å². The highest BCUT2D eigenvalue weighted by Gasteiger charge is 2.39. The van der Waals surface area contributed by atoms with Gasteiger partial charge in [-0.05, 0) is 49.7 Å². The zero-order chi connectivity index (χ0) is 24.9. The molecule has 1 aliphatic heterocycles. The average Bonchev–Trinajstić information content (AvgIpc) is 2.83. The molecule has 1 atom stereocenters. The van der Waals surface area contributed by atoms with Crippen LogP contribution in [0.25, 0.3) is 0 Å². The van der Waals surface area contributed by atoms with Crippen LogP contribution < -0.4 is 5.32 Å². The van der Waals surface area contributed by atoms with Crippen LogP contribution in [0.5, 0.6) is 0 Å². The van der Waals surface area contributed by atoms with Crippen LogP contribution in [0.15, 0.2) is 53.4 Å². The Balaban J connectivity index is 1.86. The Bertz CT molecular complexity index is 1140. The Morgan fingerprint density at radius 3 is 2.06 bits per heavy atom. The van der Waals surface area contributed by atoms with E-state index in [1.54, 1.807) is 17.0 Å². The molecule has 182 valence electrons. The SMILES string of the molecule is CCCC(=O)N1CCN(C(=O)[C@@H](NC(=O)c2ccc(C)cc2)S(=O)(=O)c2ccc(F)cc2)CC1. The number of piperazine rings is 1. The van der Waals surface area contributed by atoms with Crippen LogP contribution in [0.3, 0.4) is 0 Å². The Hall–Kier alpha value is -3.27. The maximum atomic E-state index is 13.4. The molecule has 0 bridgehead atoms. The largest absolute Gasteiger partial charge is 0.339 e. The molecular formula is C24H28FN3O5S. The van der Waals surface area contributed by atoms with Crippen molar-refractivity contribution in [3.8, 4) is 0 Å². The first-order chi connectivity index (χ1) is 16.1. The standard InChI is InChI=1S/C24H28FN3O5S/c1-3-4-21(29)27-13-15-28(16-14-27)24(31)23(26-22(30)18-7-5-17(2)6-8-18)34(32,33)20-11-9-19(25)10-12-20/h5-12,23H,3-4,13-16H2,1-2H3,(H,26,30)/t23-/m0/s1. The number of benzene rings is 2. The second-order valence-corrected chi connectivity index (χ2v) is 10.2. The normalized spacial score (nSPS) is 15.0. The van der Waals surface area contributed by atoms with Crippen LogP contribution >= 0.6 is 0 Å². The van der Waals surface area contributed by atoms with Gasteiger partial charge in [-0.25, -0.2) is 12.8 Å². The molecule has 10 heteroatoms. The van der Waals surface area contributed by atoms with E-state index in [1.165, 1.54) is 17.0 Å². The molecule has 8 nitrogen and oxygen atoms in total. The quantitative estimate of drug-likeness (QED) is 0.600. The first kappa shape index (κ1) is 25.4. The zero-order valence-electron chi connectivity index (χ0n) is 19.2. The molecule has 1 aliphatic rings. The van der Waals surface area contributed by atoms with Gasteiger partial charge in [-0.15, -0.1) is 0 Å². The van der Waals surface area contributed by atoms with Crippen LogP contribution in [-0.2, 0) is 19.4 Å². The summed E-state index contributed by atoms with van der Waals surface area (Å²) in [6.07, 6.45) is 1.11. The molecule has 0 aromatic heterocycles. The molecule has 1 heterocycles. The lowest BCUT2D eigenvalue weighted by Gasteiger charge is -2.36. The molecule has 34 heavy (non-hydrogen) atoms. The smallest absolute Gasteiger partial charge is 0.261 e. The van der Waals surface area contributed by atoms with E-state index in [0.29, 0.717) is 12.8 Å². The van der Waals surface area contributed by atoms with Crippen molar-refractivity contribution in [1.29, 1.82) is 0 Å². The first-order valence-corrected chi connectivity index (χ1v) is 12.6. The van der Waals surface area contributed by atoms with E-state index in [9.17, 15) is 27.2 Å². The summed E-state index contributed by atoms with van der Waals surface area (Å²) in [5, 5.41) is 0.467. The van der Waals surface area contributed by atoms with Gasteiger partial charge in [0.25, 0.3) is 11.8 Å². The highest BCUT2D eigenvalue weighted by Crippen LogP contribution is 2.19. The van der Waals surface area contributed by atoms with Crippen molar-refractivity contribution < 1.29 is 27.2 Å². The number of carbonyl (C=O) groups excluding carboxylic acids is 3. The van der Waals surface area contributed by atoms with Gasteiger partial charge in [0.2, 0.25) is 21.1 Å². The second-order valence-electron chi connectivity index (χ2n) is 8.17. The number of halogens is 1. The minimum Gasteiger partial charge on any atom is -0.339 e. The van der Waals surface area contributed by atoms with Gasteiger partial charge in [-0.3, -0.25) is 14.4 Å². The number of nitrogens with one attached hydrogen (secondary N) is 1. The van der Waals surface area contributed by atoms with Crippen molar-refractivity contribution in [2.24, 2.45) is 0 Å². The van der Waals surface area contributed by atoms with Crippen molar-refractivity contribution in [2.45, 2.75) is 37.0 Å². The minimum atomic E-state index is -4.39. The summed E-state index contributed by atoms with van der Waals surface area (Å²) in [7, 11) is -4.39. The molecule has 1 N–H and O–H groups in total. The fourth-order valence-corrected chi connectivity index (χ4v) is 5.12. The average molecular weight is 490 g/mol. The number of amides is 3.